The fourth-order valence-electron chi connectivity index (χ4n) is 3.56. The number of hydrogen-bond donors (Lipinski definition) is 1. The Balaban J connectivity index is 1.89. The first-order chi connectivity index (χ1) is 12.5. The molecule has 1 N–H and O–H groups in total. The molecule has 0 saturated heterocycles. The number of nitrogens with zero attached hydrogens (tertiary/aromatic N) is 2. The maximum Gasteiger partial charge on any atom is 0.262 e. The molecule has 0 atom stereocenters. The Hall–Kier alpha value is -2.32. The van der Waals surface area contributed by atoms with E-state index in [1.165, 1.54) is 0 Å². The molecule has 0 bridgehead atoms. The quantitative estimate of drug-likeness (QED) is 0.578. The molecular formula is C21H22BrN3O. The fraction of sp³-hybridized carbons (Fsp3) is 0.333. The Labute approximate surface area is 162 Å². The monoisotopic (exact) mass is 411 g/mol. The maximum absolute atomic E-state index is 12.4. The van der Waals surface area contributed by atoms with Crippen molar-refractivity contribution in [3.63, 3.8) is 0 Å². The smallest absolute Gasteiger partial charge is 0.262 e. The van der Waals surface area contributed by atoms with Crippen LogP contribution >= 0.6 is 15.9 Å². The molecular weight excluding hydrogens is 390 g/mol. The van der Waals surface area contributed by atoms with E-state index in [2.05, 4.69) is 31.9 Å². The van der Waals surface area contributed by atoms with Crippen LogP contribution in [0.5, 0.6) is 0 Å². The minimum Gasteiger partial charge on any atom is -0.349 e. The summed E-state index contributed by atoms with van der Waals surface area (Å²) in [6.45, 7) is 4.03. The number of carbonyl (C=O) groups is 1. The Morgan fingerprint density at radius 2 is 1.92 bits per heavy atom. The minimum atomic E-state index is -0.271. The molecule has 1 aliphatic carbocycles. The highest BCUT2D eigenvalue weighted by atomic mass is 79.9. The van der Waals surface area contributed by atoms with Gasteiger partial charge in [0.25, 0.3) is 5.91 Å². The molecule has 26 heavy (non-hydrogen) atoms. The van der Waals surface area contributed by atoms with E-state index in [-0.39, 0.29) is 17.5 Å². The van der Waals surface area contributed by atoms with Gasteiger partial charge in [-0.1, -0.05) is 28.8 Å². The lowest BCUT2D eigenvalue weighted by atomic mass is 10.1. The van der Waals surface area contributed by atoms with Gasteiger partial charge in [-0.3, -0.25) is 4.79 Å². The van der Waals surface area contributed by atoms with Crippen LogP contribution in [0.2, 0.25) is 0 Å². The van der Waals surface area contributed by atoms with Crippen molar-refractivity contribution in [3.05, 3.63) is 57.3 Å². The summed E-state index contributed by atoms with van der Waals surface area (Å²) in [5.41, 5.74) is 4.17. The Morgan fingerprint density at radius 3 is 2.54 bits per heavy atom. The van der Waals surface area contributed by atoms with Crippen molar-refractivity contribution >= 4 is 27.9 Å². The average Bonchev–Trinajstić information content (AvgIpc) is 3.22. The highest BCUT2D eigenvalue weighted by molar-refractivity contribution is 9.10. The Bertz CT molecular complexity index is 881. The number of aryl methyl sites for hydroxylation is 1. The van der Waals surface area contributed by atoms with Crippen LogP contribution in [0, 0.1) is 25.2 Å². The highest BCUT2D eigenvalue weighted by Gasteiger charge is 2.20. The van der Waals surface area contributed by atoms with E-state index in [9.17, 15) is 10.1 Å². The molecule has 1 amide bonds. The van der Waals surface area contributed by atoms with Crippen molar-refractivity contribution in [2.75, 3.05) is 0 Å². The van der Waals surface area contributed by atoms with Crippen LogP contribution in [-0.4, -0.2) is 16.5 Å². The lowest BCUT2D eigenvalue weighted by Crippen LogP contribution is -2.33. The van der Waals surface area contributed by atoms with Crippen LogP contribution in [-0.2, 0) is 4.79 Å². The van der Waals surface area contributed by atoms with Crippen LogP contribution in [0.25, 0.3) is 11.8 Å². The van der Waals surface area contributed by atoms with Gasteiger partial charge in [0.05, 0.1) is 0 Å². The maximum atomic E-state index is 12.4. The minimum absolute atomic E-state index is 0.160. The van der Waals surface area contributed by atoms with Crippen molar-refractivity contribution in [3.8, 4) is 11.8 Å². The second-order valence-electron chi connectivity index (χ2n) is 6.76. The van der Waals surface area contributed by atoms with E-state index in [1.54, 1.807) is 6.08 Å². The largest absolute Gasteiger partial charge is 0.349 e. The van der Waals surface area contributed by atoms with Gasteiger partial charge in [0, 0.05) is 27.6 Å². The van der Waals surface area contributed by atoms with E-state index < -0.39 is 0 Å². The molecule has 0 spiro atoms. The number of rotatable bonds is 4. The van der Waals surface area contributed by atoms with Gasteiger partial charge in [0.2, 0.25) is 0 Å². The normalized spacial score (nSPS) is 15.1. The molecule has 0 unspecified atom stereocenters. The number of hydrogen-bond acceptors (Lipinski definition) is 2. The molecule has 5 heteroatoms. The van der Waals surface area contributed by atoms with Gasteiger partial charge < -0.3 is 9.88 Å². The first kappa shape index (κ1) is 18.5. The molecule has 2 aromatic rings. The van der Waals surface area contributed by atoms with E-state index in [0.717, 1.165) is 52.8 Å². The van der Waals surface area contributed by atoms with Crippen LogP contribution in [0.4, 0.5) is 0 Å². The topological polar surface area (TPSA) is 57.8 Å². The van der Waals surface area contributed by atoms with Gasteiger partial charge >= 0.3 is 0 Å². The number of aromatic nitrogens is 1. The number of carbonyl (C=O) groups excluding carboxylic acids is 1. The molecule has 3 rings (SSSR count). The summed E-state index contributed by atoms with van der Waals surface area (Å²) >= 11 is 3.45. The van der Waals surface area contributed by atoms with Crippen LogP contribution in [0.3, 0.4) is 0 Å². The van der Waals surface area contributed by atoms with E-state index in [0.29, 0.717) is 0 Å². The zero-order chi connectivity index (χ0) is 18.7. The molecule has 1 fully saturated rings. The number of benzene rings is 1. The summed E-state index contributed by atoms with van der Waals surface area (Å²) in [6.07, 6.45) is 5.99. The molecule has 134 valence electrons. The van der Waals surface area contributed by atoms with E-state index in [1.807, 2.05) is 44.2 Å². The number of halogens is 1. The lowest BCUT2D eigenvalue weighted by molar-refractivity contribution is -0.117. The van der Waals surface area contributed by atoms with Gasteiger partial charge in [0.15, 0.2) is 0 Å². The Kier molecular flexibility index (Phi) is 5.63. The first-order valence-corrected chi connectivity index (χ1v) is 9.66. The van der Waals surface area contributed by atoms with Gasteiger partial charge in [-0.15, -0.1) is 0 Å². The first-order valence-electron chi connectivity index (χ1n) is 8.87. The van der Waals surface area contributed by atoms with Gasteiger partial charge in [-0.25, -0.2) is 0 Å². The van der Waals surface area contributed by atoms with Crippen molar-refractivity contribution in [2.24, 2.45) is 0 Å². The van der Waals surface area contributed by atoms with Crippen molar-refractivity contribution in [1.82, 2.24) is 9.88 Å². The van der Waals surface area contributed by atoms with Crippen molar-refractivity contribution < 1.29 is 4.79 Å². The fourth-order valence-corrected chi connectivity index (χ4v) is 3.82. The molecule has 0 aliphatic heterocycles. The molecule has 1 heterocycles. The summed E-state index contributed by atoms with van der Waals surface area (Å²) in [7, 11) is 0. The van der Waals surface area contributed by atoms with Crippen LogP contribution < -0.4 is 5.32 Å². The van der Waals surface area contributed by atoms with Crippen molar-refractivity contribution in [2.45, 2.75) is 45.6 Å². The Morgan fingerprint density at radius 1 is 1.27 bits per heavy atom. The highest BCUT2D eigenvalue weighted by Crippen LogP contribution is 2.24. The molecule has 1 aliphatic rings. The summed E-state index contributed by atoms with van der Waals surface area (Å²) in [4.78, 5) is 12.4. The van der Waals surface area contributed by atoms with Gasteiger partial charge in [-0.2, -0.15) is 5.26 Å². The summed E-state index contributed by atoms with van der Waals surface area (Å²) in [5, 5.41) is 12.4. The van der Waals surface area contributed by atoms with Crippen LogP contribution in [0.15, 0.2) is 40.4 Å². The summed E-state index contributed by atoms with van der Waals surface area (Å²) in [6, 6.07) is 12.3. The summed E-state index contributed by atoms with van der Waals surface area (Å²) in [5.74, 6) is -0.271. The van der Waals surface area contributed by atoms with E-state index in [4.69, 9.17) is 0 Å². The summed E-state index contributed by atoms with van der Waals surface area (Å²) < 4.78 is 3.15. The van der Waals surface area contributed by atoms with Crippen molar-refractivity contribution in [1.29, 1.82) is 5.26 Å². The van der Waals surface area contributed by atoms with Crippen LogP contribution in [0.1, 0.15) is 42.6 Å². The molecule has 4 nitrogen and oxygen atoms in total. The van der Waals surface area contributed by atoms with Gasteiger partial charge in [-0.05, 0) is 68.7 Å². The third-order valence-corrected chi connectivity index (χ3v) is 5.44. The standard InChI is InChI=1S/C21H22BrN3O/c1-14-11-16(15(2)25(14)20-9-7-18(22)8-10-20)12-17(13-23)21(26)24-19-5-3-4-6-19/h7-12,19H,3-6H2,1-2H3,(H,24,26)/b17-12+. The zero-order valence-corrected chi connectivity index (χ0v) is 16.6. The third-order valence-electron chi connectivity index (χ3n) is 4.91. The van der Waals surface area contributed by atoms with Gasteiger partial charge in [0.1, 0.15) is 11.6 Å². The third kappa shape index (κ3) is 3.91. The molecule has 1 aromatic heterocycles. The molecule has 1 aromatic carbocycles. The van der Waals surface area contributed by atoms with E-state index >= 15 is 0 Å². The average molecular weight is 412 g/mol. The SMILES string of the molecule is Cc1cc(/C=C(\C#N)C(=O)NC2CCCC2)c(C)n1-c1ccc(Br)cc1. The lowest BCUT2D eigenvalue weighted by Gasteiger charge is -2.11. The predicted molar refractivity (Wildman–Crippen MR) is 107 cm³/mol. The second kappa shape index (κ2) is 7.92. The zero-order valence-electron chi connectivity index (χ0n) is 15.1. The molecule has 0 radical (unpaired) electrons. The number of nitrogens with one attached hydrogen (secondary N) is 1. The number of nitriles is 1. The number of amides is 1. The molecule has 1 saturated carbocycles. The second-order valence-corrected chi connectivity index (χ2v) is 7.68. The predicted octanol–water partition coefficient (Wildman–Crippen LogP) is 4.82.